The van der Waals surface area contributed by atoms with E-state index in [1.807, 2.05) is 23.1 Å². The number of halogens is 1. The summed E-state index contributed by atoms with van der Waals surface area (Å²) in [6, 6.07) is 0. The van der Waals surface area contributed by atoms with Crippen LogP contribution >= 0.6 is 11.6 Å². The normalized spacial score (nSPS) is 25.0. The van der Waals surface area contributed by atoms with Crippen LogP contribution in [-0.4, -0.2) is 91.8 Å². The summed E-state index contributed by atoms with van der Waals surface area (Å²) in [6.45, 7) is 7.84. The molecule has 4 rings (SSSR count). The molecule has 40 heavy (non-hydrogen) atoms. The van der Waals surface area contributed by atoms with Crippen LogP contribution in [0.4, 0.5) is 11.6 Å². The monoisotopic (exact) mass is 596 g/mol. The molecule has 3 aliphatic rings. The third kappa shape index (κ3) is 6.78. The summed E-state index contributed by atoms with van der Waals surface area (Å²) in [7, 11) is -2.46. The molecule has 2 saturated heterocycles. The topological polar surface area (TPSA) is 184 Å². The average Bonchev–Trinajstić information content (AvgIpc) is 3.31. The predicted octanol–water partition coefficient (Wildman–Crippen LogP) is 0.629. The van der Waals surface area contributed by atoms with Crippen molar-refractivity contribution in [2.75, 3.05) is 50.7 Å². The van der Waals surface area contributed by atoms with E-state index in [2.05, 4.69) is 36.2 Å². The molecule has 7 N–H and O–H groups in total. The number of hydrogen-bond acceptors (Lipinski definition) is 7. The summed E-state index contributed by atoms with van der Waals surface area (Å²) in [5.41, 5.74) is 10.9. The Bertz CT molecular complexity index is 1240. The first-order chi connectivity index (χ1) is 19.0. The lowest BCUT2D eigenvalue weighted by Gasteiger charge is -2.40. The van der Waals surface area contributed by atoms with Crippen LogP contribution < -0.4 is 26.8 Å². The van der Waals surface area contributed by atoms with E-state index in [1.54, 1.807) is 0 Å². The molecule has 2 aliphatic heterocycles. The number of guanidine groups is 1. The lowest BCUT2D eigenvalue weighted by Crippen LogP contribution is -2.54. The van der Waals surface area contributed by atoms with Gasteiger partial charge in [0, 0.05) is 45.2 Å². The van der Waals surface area contributed by atoms with Gasteiger partial charge in [0.2, 0.25) is 5.91 Å². The van der Waals surface area contributed by atoms with Crippen molar-refractivity contribution in [3.8, 4) is 0 Å². The van der Waals surface area contributed by atoms with Gasteiger partial charge in [-0.1, -0.05) is 25.4 Å². The summed E-state index contributed by atoms with van der Waals surface area (Å²) in [6.07, 6.45) is 5.02. The molecule has 1 spiro atoms. The molecule has 1 aliphatic carbocycles. The van der Waals surface area contributed by atoms with Gasteiger partial charge < -0.3 is 27.0 Å². The standard InChI is InChI=1S/C25H41ClN10O3S/c1-4-36(5-2)40(3,39)30-14-16-6-8-17(9-7-16)23(38)35-12-10-25(11-13-35)15-29-24(34-25)33-22(37)18-20(27)32-21(28)19(26)31-18/h16-17H,3-15H2,1-2H3,(H,30,39)(H4,27,28,32)(H2,29,33,34,37)/t16-,17-,40?. The number of nitrogen functional groups attached to an aromatic ring is 2. The zero-order valence-electron chi connectivity index (χ0n) is 23.2. The van der Waals surface area contributed by atoms with Crippen molar-refractivity contribution in [2.24, 2.45) is 16.8 Å². The minimum Gasteiger partial charge on any atom is -0.382 e. The lowest BCUT2D eigenvalue weighted by molar-refractivity contribution is -0.138. The molecule has 2 amide bonds. The van der Waals surface area contributed by atoms with E-state index in [9.17, 15) is 13.8 Å². The molecule has 0 radical (unpaired) electrons. The molecule has 222 valence electrons. The first kappa shape index (κ1) is 30.3. The Morgan fingerprint density at radius 2 is 1.82 bits per heavy atom. The van der Waals surface area contributed by atoms with Gasteiger partial charge in [-0.2, -0.15) is 4.99 Å². The summed E-state index contributed by atoms with van der Waals surface area (Å²) >= 11 is 5.88. The Morgan fingerprint density at radius 1 is 1.18 bits per heavy atom. The second kappa shape index (κ2) is 12.5. The van der Waals surface area contributed by atoms with E-state index in [0.717, 1.165) is 38.5 Å². The molecule has 15 heteroatoms. The number of piperidine rings is 1. The van der Waals surface area contributed by atoms with Gasteiger partial charge in [-0.05, 0) is 50.3 Å². The quantitative estimate of drug-likeness (QED) is 0.268. The number of rotatable bonds is 8. The fourth-order valence-corrected chi connectivity index (χ4v) is 7.36. The molecule has 0 aromatic carbocycles. The van der Waals surface area contributed by atoms with E-state index in [-0.39, 0.29) is 39.8 Å². The van der Waals surface area contributed by atoms with Crippen molar-refractivity contribution in [3.63, 3.8) is 0 Å². The maximum Gasteiger partial charge on any atom is 0.302 e. The Kier molecular flexibility index (Phi) is 9.43. The fourth-order valence-electron chi connectivity index (χ4n) is 5.72. The molecule has 1 saturated carbocycles. The minimum atomic E-state index is -2.46. The van der Waals surface area contributed by atoms with Crippen LogP contribution in [-0.2, 0) is 14.7 Å². The Labute approximate surface area is 241 Å². The number of likely N-dealkylation sites (tertiary alicyclic amines) is 1. The van der Waals surface area contributed by atoms with Crippen molar-refractivity contribution in [1.82, 2.24) is 34.5 Å². The van der Waals surface area contributed by atoms with Crippen LogP contribution in [0.2, 0.25) is 5.15 Å². The number of carbonyl (C=O) groups excluding carboxylic acids is 2. The van der Waals surface area contributed by atoms with Gasteiger partial charge in [-0.25, -0.2) is 23.2 Å². The van der Waals surface area contributed by atoms with E-state index < -0.39 is 15.8 Å². The number of hydrogen-bond donors (Lipinski definition) is 5. The molecule has 1 aromatic heterocycles. The number of nitrogens with one attached hydrogen (secondary N) is 3. The fraction of sp³-hybridized carbons (Fsp3) is 0.680. The highest BCUT2D eigenvalue weighted by molar-refractivity contribution is 7.96. The number of anilines is 2. The van der Waals surface area contributed by atoms with Crippen LogP contribution in [0, 0.1) is 11.8 Å². The molecule has 3 heterocycles. The number of carbonyl (C=O) groups is 2. The van der Waals surface area contributed by atoms with Crippen LogP contribution in [0.1, 0.15) is 62.9 Å². The molecular weight excluding hydrogens is 556 g/mol. The SMILES string of the molecule is C=S(=O)(NC[C@H]1CC[C@H](C(=O)N2CCC3(CC2)CN/C(=N\C(=O)c2nc(Cl)c(N)nc2N)N3)CC1)N(CC)CC. The van der Waals surface area contributed by atoms with Gasteiger partial charge in [-0.15, -0.1) is 0 Å². The van der Waals surface area contributed by atoms with E-state index in [0.29, 0.717) is 51.1 Å². The molecular formula is C25H41ClN10O3S. The van der Waals surface area contributed by atoms with Gasteiger partial charge in [0.05, 0.1) is 15.4 Å². The van der Waals surface area contributed by atoms with Crippen LogP contribution in [0.15, 0.2) is 4.99 Å². The molecule has 1 unspecified atom stereocenters. The number of aliphatic imine (C=N–C) groups is 1. The second-order valence-corrected chi connectivity index (χ2v) is 13.2. The zero-order chi connectivity index (χ0) is 29.1. The average molecular weight is 597 g/mol. The van der Waals surface area contributed by atoms with Crippen molar-refractivity contribution >= 4 is 56.8 Å². The largest absolute Gasteiger partial charge is 0.382 e. The number of nitrogens with two attached hydrogens (primary N) is 2. The highest BCUT2D eigenvalue weighted by Gasteiger charge is 2.42. The van der Waals surface area contributed by atoms with Crippen LogP contribution in [0.25, 0.3) is 0 Å². The van der Waals surface area contributed by atoms with Crippen LogP contribution in [0.5, 0.6) is 0 Å². The first-order valence-corrected chi connectivity index (χ1v) is 15.9. The summed E-state index contributed by atoms with van der Waals surface area (Å²) < 4.78 is 17.9. The van der Waals surface area contributed by atoms with Crippen molar-refractivity contribution in [1.29, 1.82) is 0 Å². The second-order valence-electron chi connectivity index (χ2n) is 10.8. The molecule has 13 nitrogen and oxygen atoms in total. The van der Waals surface area contributed by atoms with Crippen molar-refractivity contribution in [2.45, 2.75) is 57.9 Å². The van der Waals surface area contributed by atoms with Crippen molar-refractivity contribution < 1.29 is 13.8 Å². The van der Waals surface area contributed by atoms with Gasteiger partial charge in [0.15, 0.2) is 28.4 Å². The number of amides is 2. The maximum atomic E-state index is 13.3. The summed E-state index contributed by atoms with van der Waals surface area (Å²) in [5, 5.41) is 6.37. The summed E-state index contributed by atoms with van der Waals surface area (Å²) in [4.78, 5) is 39.7. The molecule has 1 aromatic rings. The summed E-state index contributed by atoms with van der Waals surface area (Å²) in [5.74, 6) is 4.01. The Balaban J connectivity index is 1.24. The predicted molar refractivity (Wildman–Crippen MR) is 159 cm³/mol. The molecule has 0 bridgehead atoms. The van der Waals surface area contributed by atoms with Crippen molar-refractivity contribution in [3.05, 3.63) is 10.8 Å². The highest BCUT2D eigenvalue weighted by atomic mass is 35.5. The number of nitrogens with zero attached hydrogens (tertiary/aromatic N) is 5. The lowest BCUT2D eigenvalue weighted by atomic mass is 9.80. The smallest absolute Gasteiger partial charge is 0.302 e. The Morgan fingerprint density at radius 3 is 2.45 bits per heavy atom. The van der Waals surface area contributed by atoms with E-state index in [4.69, 9.17) is 23.1 Å². The minimum absolute atomic E-state index is 0.0277. The van der Waals surface area contributed by atoms with Gasteiger partial charge in [0.25, 0.3) is 0 Å². The third-order valence-corrected chi connectivity index (χ3v) is 10.5. The van der Waals surface area contributed by atoms with E-state index in [1.165, 1.54) is 0 Å². The van der Waals surface area contributed by atoms with Crippen LogP contribution in [0.3, 0.4) is 0 Å². The maximum absolute atomic E-state index is 13.3. The van der Waals surface area contributed by atoms with Gasteiger partial charge in [0.1, 0.15) is 0 Å². The Hall–Kier alpha value is -2.68. The third-order valence-electron chi connectivity index (χ3n) is 8.25. The van der Waals surface area contributed by atoms with E-state index >= 15 is 0 Å². The molecule has 1 atom stereocenters. The first-order valence-electron chi connectivity index (χ1n) is 13.9. The van der Waals surface area contributed by atoms with Gasteiger partial charge in [-0.3, -0.25) is 9.59 Å². The highest BCUT2D eigenvalue weighted by Crippen LogP contribution is 2.32. The molecule has 3 fully saturated rings. The van der Waals surface area contributed by atoms with Gasteiger partial charge >= 0.3 is 5.91 Å². The number of aromatic nitrogens is 2. The zero-order valence-corrected chi connectivity index (χ0v) is 24.8.